The van der Waals surface area contributed by atoms with Gasteiger partial charge in [0.2, 0.25) is 6.41 Å². The van der Waals surface area contributed by atoms with Gasteiger partial charge in [0, 0.05) is 0 Å². The second-order valence-electron chi connectivity index (χ2n) is 2.92. The van der Waals surface area contributed by atoms with Crippen molar-refractivity contribution >= 4 is 23.6 Å². The van der Waals surface area contributed by atoms with E-state index < -0.39 is 0 Å². The fourth-order valence-electron chi connectivity index (χ4n) is 1.55. The van der Waals surface area contributed by atoms with Gasteiger partial charge >= 0.3 is 0 Å². The van der Waals surface area contributed by atoms with Crippen LogP contribution < -0.4 is 11.1 Å². The van der Waals surface area contributed by atoms with Crippen molar-refractivity contribution in [2.75, 3.05) is 0 Å². The summed E-state index contributed by atoms with van der Waals surface area (Å²) in [6, 6.07) is 0. The molecule has 1 rings (SSSR count). The minimum absolute atomic E-state index is 0.364. The summed E-state index contributed by atoms with van der Waals surface area (Å²) in [7, 11) is 0. The van der Waals surface area contributed by atoms with E-state index in [0.29, 0.717) is 11.4 Å². The highest BCUT2D eigenvalue weighted by Gasteiger charge is 2.35. The van der Waals surface area contributed by atoms with Crippen LogP contribution in [0.25, 0.3) is 0 Å². The first-order valence-corrected chi connectivity index (χ1v) is 4.13. The predicted molar refractivity (Wildman–Crippen MR) is 47.2 cm³/mol. The fourth-order valence-corrected chi connectivity index (χ4v) is 1.82. The molecule has 0 aromatic carbocycles. The molecule has 1 amide bonds. The Morgan fingerprint density at radius 2 is 2.09 bits per heavy atom. The van der Waals surface area contributed by atoms with E-state index in [1.54, 1.807) is 0 Å². The molecule has 0 unspecified atom stereocenters. The zero-order valence-corrected chi connectivity index (χ0v) is 7.12. The molecule has 11 heavy (non-hydrogen) atoms. The molecule has 0 atom stereocenters. The first-order valence-electron chi connectivity index (χ1n) is 3.72. The fraction of sp³-hybridized carbons (Fsp3) is 0.714. The number of carbonyl (C=O) groups excluding carboxylic acids is 1. The Hall–Kier alpha value is -0.640. The number of rotatable bonds is 3. The van der Waals surface area contributed by atoms with Crippen molar-refractivity contribution in [2.45, 2.75) is 31.2 Å². The van der Waals surface area contributed by atoms with Crippen LogP contribution in [0.1, 0.15) is 25.7 Å². The minimum Gasteiger partial charge on any atom is -0.391 e. The van der Waals surface area contributed by atoms with Crippen molar-refractivity contribution in [1.29, 1.82) is 0 Å². The average Bonchev–Trinajstić information content (AvgIpc) is 2.38. The van der Waals surface area contributed by atoms with Crippen molar-refractivity contribution < 1.29 is 4.79 Å². The predicted octanol–water partition coefficient (Wildman–Crippen LogP) is 0.331. The lowest BCUT2D eigenvalue weighted by Gasteiger charge is -2.26. The number of nitrogens with one attached hydrogen (secondary N) is 1. The summed E-state index contributed by atoms with van der Waals surface area (Å²) in [4.78, 5) is 10.7. The Balaban J connectivity index is 2.69. The Labute approximate surface area is 71.3 Å². The van der Waals surface area contributed by atoms with Gasteiger partial charge in [0.25, 0.3) is 0 Å². The summed E-state index contributed by atoms with van der Waals surface area (Å²) in [5, 5.41) is 2.71. The van der Waals surface area contributed by atoms with E-state index in [1.807, 2.05) is 0 Å². The van der Waals surface area contributed by atoms with E-state index in [0.717, 1.165) is 25.7 Å². The molecule has 3 nitrogen and oxygen atoms in total. The third-order valence-electron chi connectivity index (χ3n) is 2.26. The Bertz CT molecular complexity index is 175. The van der Waals surface area contributed by atoms with E-state index in [2.05, 4.69) is 5.32 Å². The molecule has 0 heterocycles. The molecule has 62 valence electrons. The molecular weight excluding hydrogens is 160 g/mol. The van der Waals surface area contributed by atoms with Crippen molar-refractivity contribution in [1.82, 2.24) is 5.32 Å². The number of carbonyl (C=O) groups is 1. The standard InChI is InChI=1S/C7H12N2OS/c8-6(11)7(9-5-10)3-1-2-4-7/h5H,1-4H2,(H2,8,11)(H,9,10). The van der Waals surface area contributed by atoms with Crippen LogP contribution in [0, 0.1) is 0 Å². The van der Waals surface area contributed by atoms with E-state index >= 15 is 0 Å². The lowest BCUT2D eigenvalue weighted by molar-refractivity contribution is -0.110. The van der Waals surface area contributed by atoms with Gasteiger partial charge in [-0.1, -0.05) is 25.1 Å². The molecule has 0 saturated heterocycles. The third kappa shape index (κ3) is 1.50. The summed E-state index contributed by atoms with van der Waals surface area (Å²) >= 11 is 4.89. The number of hydrogen-bond donors (Lipinski definition) is 2. The van der Waals surface area contributed by atoms with Gasteiger partial charge in [0.1, 0.15) is 0 Å². The summed E-state index contributed by atoms with van der Waals surface area (Å²) in [6.45, 7) is 0. The van der Waals surface area contributed by atoms with Gasteiger partial charge in [-0.15, -0.1) is 0 Å². The first kappa shape index (κ1) is 8.46. The molecule has 1 fully saturated rings. The number of thiocarbonyl (C=S) groups is 1. The van der Waals surface area contributed by atoms with E-state index in [-0.39, 0.29) is 5.54 Å². The van der Waals surface area contributed by atoms with Gasteiger partial charge < -0.3 is 11.1 Å². The monoisotopic (exact) mass is 172 g/mol. The van der Waals surface area contributed by atoms with Gasteiger partial charge in [0.05, 0.1) is 10.5 Å². The van der Waals surface area contributed by atoms with Gasteiger partial charge in [0.15, 0.2) is 0 Å². The maximum absolute atomic E-state index is 10.2. The van der Waals surface area contributed by atoms with Gasteiger partial charge in [-0.05, 0) is 12.8 Å². The Morgan fingerprint density at radius 3 is 2.45 bits per heavy atom. The smallest absolute Gasteiger partial charge is 0.207 e. The van der Waals surface area contributed by atoms with Crippen LogP contribution >= 0.6 is 12.2 Å². The molecule has 0 spiro atoms. The summed E-state index contributed by atoms with van der Waals surface area (Å²) in [5.74, 6) is 0. The normalized spacial score (nSPS) is 21.1. The average molecular weight is 172 g/mol. The first-order chi connectivity index (χ1) is 5.21. The lowest BCUT2D eigenvalue weighted by atomic mass is 9.98. The number of amides is 1. The number of nitrogens with two attached hydrogens (primary N) is 1. The largest absolute Gasteiger partial charge is 0.391 e. The second kappa shape index (κ2) is 3.17. The van der Waals surface area contributed by atoms with Crippen molar-refractivity contribution in [2.24, 2.45) is 5.73 Å². The van der Waals surface area contributed by atoms with Crippen molar-refractivity contribution in [3.63, 3.8) is 0 Å². The van der Waals surface area contributed by atoms with Crippen LogP contribution in [-0.2, 0) is 4.79 Å². The molecule has 1 aliphatic carbocycles. The van der Waals surface area contributed by atoms with Gasteiger partial charge in [-0.25, -0.2) is 0 Å². The Kier molecular flexibility index (Phi) is 2.44. The van der Waals surface area contributed by atoms with Crippen LogP contribution in [0.15, 0.2) is 0 Å². The van der Waals surface area contributed by atoms with Crippen LogP contribution in [-0.4, -0.2) is 16.9 Å². The second-order valence-corrected chi connectivity index (χ2v) is 3.36. The summed E-state index contributed by atoms with van der Waals surface area (Å²) in [6.07, 6.45) is 4.66. The van der Waals surface area contributed by atoms with Gasteiger partial charge in [-0.2, -0.15) is 0 Å². The molecule has 1 aliphatic rings. The maximum atomic E-state index is 10.2. The molecule has 0 radical (unpaired) electrons. The zero-order valence-electron chi connectivity index (χ0n) is 6.30. The van der Waals surface area contributed by atoms with E-state index in [9.17, 15) is 4.79 Å². The van der Waals surface area contributed by atoms with Crippen LogP contribution in [0.3, 0.4) is 0 Å². The van der Waals surface area contributed by atoms with Crippen LogP contribution in [0.4, 0.5) is 0 Å². The molecule has 4 heteroatoms. The zero-order chi connectivity index (χ0) is 8.32. The Morgan fingerprint density at radius 1 is 1.55 bits per heavy atom. The van der Waals surface area contributed by atoms with Gasteiger partial charge in [-0.3, -0.25) is 4.79 Å². The lowest BCUT2D eigenvalue weighted by Crippen LogP contribution is -2.51. The highest BCUT2D eigenvalue weighted by atomic mass is 32.1. The quantitative estimate of drug-likeness (QED) is 0.476. The van der Waals surface area contributed by atoms with Crippen molar-refractivity contribution in [3.05, 3.63) is 0 Å². The number of hydrogen-bond acceptors (Lipinski definition) is 2. The van der Waals surface area contributed by atoms with Crippen molar-refractivity contribution in [3.8, 4) is 0 Å². The van der Waals surface area contributed by atoms with E-state index in [1.165, 1.54) is 0 Å². The summed E-state index contributed by atoms with van der Waals surface area (Å²) < 4.78 is 0. The van der Waals surface area contributed by atoms with E-state index in [4.69, 9.17) is 18.0 Å². The molecular formula is C7H12N2OS. The highest BCUT2D eigenvalue weighted by molar-refractivity contribution is 7.80. The molecule has 3 N–H and O–H groups in total. The molecule has 0 aromatic heterocycles. The third-order valence-corrected chi connectivity index (χ3v) is 2.65. The highest BCUT2D eigenvalue weighted by Crippen LogP contribution is 2.29. The van der Waals surface area contributed by atoms with Crippen LogP contribution in [0.5, 0.6) is 0 Å². The summed E-state index contributed by atoms with van der Waals surface area (Å²) in [5.41, 5.74) is 5.16. The maximum Gasteiger partial charge on any atom is 0.207 e. The topological polar surface area (TPSA) is 55.1 Å². The molecule has 0 aromatic rings. The minimum atomic E-state index is -0.364. The molecule has 0 aliphatic heterocycles. The molecule has 0 bridgehead atoms. The van der Waals surface area contributed by atoms with Crippen LogP contribution in [0.2, 0.25) is 0 Å². The SMILES string of the molecule is NC(=S)C1(NC=O)CCCC1. The molecule has 1 saturated carbocycles.